The first-order valence-electron chi connectivity index (χ1n) is 7.17. The molecule has 0 saturated heterocycles. The van der Waals surface area contributed by atoms with Crippen LogP contribution in [0.15, 0.2) is 30.3 Å². The molecule has 5 nitrogen and oxygen atoms in total. The number of carbonyl (C=O) groups is 1. The average Bonchev–Trinajstić information content (AvgIpc) is 2.81. The van der Waals surface area contributed by atoms with Crippen LogP contribution in [0.5, 0.6) is 0 Å². The Hall–Kier alpha value is -2.29. The fraction of sp³-hybridized carbons (Fsp3) is 0.235. The smallest absolute Gasteiger partial charge is 0.332 e. The molecule has 124 valence electrons. The lowest BCUT2D eigenvalue weighted by Crippen LogP contribution is -2.10. The number of aryl methyl sites for hydroxylation is 1. The van der Waals surface area contributed by atoms with Gasteiger partial charge < -0.3 is 4.74 Å². The highest BCUT2D eigenvalue weighted by molar-refractivity contribution is 6.32. The first-order valence-corrected chi connectivity index (χ1v) is 7.92. The zero-order valence-electron chi connectivity index (χ0n) is 13.2. The first kappa shape index (κ1) is 18.1. The van der Waals surface area contributed by atoms with Crippen molar-refractivity contribution in [2.75, 3.05) is 0 Å². The van der Waals surface area contributed by atoms with Gasteiger partial charge in [0.1, 0.15) is 11.2 Å². The molecule has 0 N–H and O–H groups in total. The van der Waals surface area contributed by atoms with Crippen LogP contribution in [-0.4, -0.2) is 21.9 Å². The number of nitriles is 1. The summed E-state index contributed by atoms with van der Waals surface area (Å²) in [5.74, 6) is -0.613. The highest BCUT2D eigenvalue weighted by atomic mass is 35.5. The fourth-order valence-corrected chi connectivity index (χ4v) is 2.53. The average molecular weight is 364 g/mol. The number of hydrogen-bond donors (Lipinski definition) is 0. The normalized spacial score (nSPS) is 12.1. The molecule has 0 aliphatic carbocycles. The summed E-state index contributed by atoms with van der Waals surface area (Å²) in [4.78, 5) is 11.6. The largest absolute Gasteiger partial charge is 0.444 e. The van der Waals surface area contributed by atoms with Crippen molar-refractivity contribution in [3.63, 3.8) is 0 Å². The van der Waals surface area contributed by atoms with Crippen molar-refractivity contribution in [3.05, 3.63) is 57.3 Å². The topological polar surface area (TPSA) is 67.9 Å². The van der Waals surface area contributed by atoms with Crippen molar-refractivity contribution in [1.29, 1.82) is 5.26 Å². The molecule has 2 aromatic rings. The van der Waals surface area contributed by atoms with Gasteiger partial charge in [-0.2, -0.15) is 10.4 Å². The second-order valence-electron chi connectivity index (χ2n) is 5.08. The van der Waals surface area contributed by atoms with Gasteiger partial charge in [-0.25, -0.2) is 9.48 Å². The van der Waals surface area contributed by atoms with E-state index in [-0.39, 0.29) is 0 Å². The summed E-state index contributed by atoms with van der Waals surface area (Å²) in [6.07, 6.45) is 1.95. The molecule has 24 heavy (non-hydrogen) atoms. The van der Waals surface area contributed by atoms with Crippen LogP contribution < -0.4 is 0 Å². The van der Waals surface area contributed by atoms with E-state index >= 15 is 0 Å². The minimum atomic E-state index is -0.804. The maximum absolute atomic E-state index is 11.6. The number of rotatable bonds is 5. The molecule has 1 heterocycles. The van der Waals surface area contributed by atoms with Crippen LogP contribution in [0.3, 0.4) is 0 Å². The van der Waals surface area contributed by atoms with Crippen molar-refractivity contribution in [2.24, 2.45) is 0 Å². The summed E-state index contributed by atoms with van der Waals surface area (Å²) >= 11 is 12.5. The summed E-state index contributed by atoms with van der Waals surface area (Å²) in [5, 5.41) is 14.0. The van der Waals surface area contributed by atoms with Crippen LogP contribution in [0.1, 0.15) is 23.7 Å². The molecule has 0 aliphatic rings. The zero-order chi connectivity index (χ0) is 17.7. The molecule has 0 saturated carbocycles. The minimum Gasteiger partial charge on any atom is -0.444 e. The summed E-state index contributed by atoms with van der Waals surface area (Å²) in [6, 6.07) is 9.25. The number of aromatic nitrogens is 2. The van der Waals surface area contributed by atoms with Gasteiger partial charge in [-0.3, -0.25) is 0 Å². The van der Waals surface area contributed by atoms with E-state index in [1.807, 2.05) is 24.3 Å². The number of carbonyl (C=O) groups excluding carboxylic acids is 1. The number of ether oxygens (including phenoxy) is 1. The SMILES string of the molecule is Cc1nn(Cc2ccccc2Cl)c(Cl)c1/C=C/C(=O)O[C@@H](C)C#N. The minimum absolute atomic E-state index is 0.393. The molecule has 1 aromatic heterocycles. The summed E-state index contributed by atoms with van der Waals surface area (Å²) < 4.78 is 6.46. The fourth-order valence-electron chi connectivity index (χ4n) is 2.04. The Labute approximate surface area is 150 Å². The maximum atomic E-state index is 11.6. The Morgan fingerprint density at radius 3 is 2.83 bits per heavy atom. The van der Waals surface area contributed by atoms with Gasteiger partial charge in [-0.05, 0) is 31.6 Å². The molecule has 0 spiro atoms. The summed E-state index contributed by atoms with van der Waals surface area (Å²) in [5.41, 5.74) is 2.18. The molecule has 2 rings (SSSR count). The molecule has 0 amide bonds. The van der Waals surface area contributed by atoms with Crippen LogP contribution in [0.2, 0.25) is 10.2 Å². The molecule has 0 radical (unpaired) electrons. The Bertz CT molecular complexity index is 822. The molecule has 0 unspecified atom stereocenters. The molecular formula is C17H15Cl2N3O2. The van der Waals surface area contributed by atoms with Crippen molar-refractivity contribution in [1.82, 2.24) is 9.78 Å². The van der Waals surface area contributed by atoms with Gasteiger partial charge >= 0.3 is 5.97 Å². The van der Waals surface area contributed by atoms with Crippen molar-refractivity contribution < 1.29 is 9.53 Å². The molecule has 0 fully saturated rings. The van der Waals surface area contributed by atoms with Crippen molar-refractivity contribution in [3.8, 4) is 6.07 Å². The van der Waals surface area contributed by atoms with E-state index in [9.17, 15) is 4.79 Å². The van der Waals surface area contributed by atoms with E-state index in [1.165, 1.54) is 19.1 Å². The first-order chi connectivity index (χ1) is 11.4. The number of halogens is 2. The summed E-state index contributed by atoms with van der Waals surface area (Å²) in [6.45, 7) is 3.70. The lowest BCUT2D eigenvalue weighted by molar-refractivity contribution is -0.139. The third-order valence-electron chi connectivity index (χ3n) is 3.25. The zero-order valence-corrected chi connectivity index (χ0v) is 14.7. The third-order valence-corrected chi connectivity index (χ3v) is 4.02. The van der Waals surface area contributed by atoms with Gasteiger partial charge in [0.05, 0.1) is 12.2 Å². The lowest BCUT2D eigenvalue weighted by atomic mass is 10.2. The third kappa shape index (κ3) is 4.38. The second-order valence-corrected chi connectivity index (χ2v) is 5.85. The van der Waals surface area contributed by atoms with Gasteiger partial charge in [0.2, 0.25) is 0 Å². The quantitative estimate of drug-likeness (QED) is 0.594. The van der Waals surface area contributed by atoms with Crippen molar-refractivity contribution in [2.45, 2.75) is 26.5 Å². The van der Waals surface area contributed by atoms with Gasteiger partial charge in [0.15, 0.2) is 6.10 Å². The van der Waals surface area contributed by atoms with E-state index < -0.39 is 12.1 Å². The van der Waals surface area contributed by atoms with E-state index in [1.54, 1.807) is 17.7 Å². The van der Waals surface area contributed by atoms with Crippen LogP contribution in [-0.2, 0) is 16.1 Å². The molecular weight excluding hydrogens is 349 g/mol. The summed E-state index contributed by atoms with van der Waals surface area (Å²) in [7, 11) is 0. The standard InChI is InChI=1S/C17H15Cl2N3O2/c1-11(9-20)24-16(23)8-7-14-12(2)21-22(17(14)19)10-13-5-3-4-6-15(13)18/h3-8,11H,10H2,1-2H3/b8-7+/t11-/m0/s1. The molecule has 0 bridgehead atoms. The predicted octanol–water partition coefficient (Wildman–Crippen LogP) is 4.02. The Balaban J connectivity index is 2.19. The number of nitrogens with zero attached hydrogens (tertiary/aromatic N) is 3. The lowest BCUT2D eigenvalue weighted by Gasteiger charge is -2.05. The van der Waals surface area contributed by atoms with Crippen LogP contribution in [0.25, 0.3) is 6.08 Å². The molecule has 0 aliphatic heterocycles. The van der Waals surface area contributed by atoms with E-state index in [0.717, 1.165) is 5.56 Å². The monoisotopic (exact) mass is 363 g/mol. The van der Waals surface area contributed by atoms with Crippen LogP contribution in [0, 0.1) is 18.3 Å². The van der Waals surface area contributed by atoms with Gasteiger partial charge in [0, 0.05) is 16.7 Å². The van der Waals surface area contributed by atoms with Gasteiger partial charge in [-0.15, -0.1) is 0 Å². The van der Waals surface area contributed by atoms with E-state index in [2.05, 4.69) is 5.10 Å². The Morgan fingerprint density at radius 2 is 2.17 bits per heavy atom. The maximum Gasteiger partial charge on any atom is 0.332 e. The number of esters is 1. The highest BCUT2D eigenvalue weighted by Gasteiger charge is 2.13. The number of hydrogen-bond acceptors (Lipinski definition) is 4. The predicted molar refractivity (Wildman–Crippen MR) is 92.7 cm³/mol. The van der Waals surface area contributed by atoms with Gasteiger partial charge in [-0.1, -0.05) is 41.4 Å². The second kappa shape index (κ2) is 8.00. The van der Waals surface area contributed by atoms with Crippen molar-refractivity contribution >= 4 is 35.2 Å². The van der Waals surface area contributed by atoms with E-state index in [4.69, 9.17) is 33.2 Å². The Morgan fingerprint density at radius 1 is 1.46 bits per heavy atom. The highest BCUT2D eigenvalue weighted by Crippen LogP contribution is 2.24. The molecule has 7 heteroatoms. The number of benzene rings is 1. The molecule has 1 atom stereocenters. The van der Waals surface area contributed by atoms with Gasteiger partial charge in [0.25, 0.3) is 0 Å². The van der Waals surface area contributed by atoms with Crippen LogP contribution in [0.4, 0.5) is 0 Å². The van der Waals surface area contributed by atoms with Crippen LogP contribution >= 0.6 is 23.2 Å². The molecule has 1 aromatic carbocycles. The Kier molecular flexibility index (Phi) is 6.02. The van der Waals surface area contributed by atoms with E-state index in [0.29, 0.717) is 28.0 Å².